The van der Waals surface area contributed by atoms with Crippen LogP contribution in [0.3, 0.4) is 0 Å². The summed E-state index contributed by atoms with van der Waals surface area (Å²) in [6, 6.07) is 5.58. The number of hydrogen-bond donors (Lipinski definition) is 2. The molecule has 0 saturated heterocycles. The summed E-state index contributed by atoms with van der Waals surface area (Å²) in [5, 5.41) is 19.7. The van der Waals surface area contributed by atoms with Gasteiger partial charge in [0, 0.05) is 10.0 Å². The van der Waals surface area contributed by atoms with Gasteiger partial charge in [0.1, 0.15) is 11.9 Å². The summed E-state index contributed by atoms with van der Waals surface area (Å²) in [6.07, 6.45) is 2.66. The second-order valence-electron chi connectivity index (χ2n) is 4.87. The van der Waals surface area contributed by atoms with Crippen LogP contribution in [0.1, 0.15) is 44.3 Å². The molecular formula is C14H19BrO3. The van der Waals surface area contributed by atoms with Crippen molar-refractivity contribution < 1.29 is 14.9 Å². The number of hydrogen-bond acceptors (Lipinski definition) is 3. The summed E-state index contributed by atoms with van der Waals surface area (Å²) in [7, 11) is 0. The lowest BCUT2D eigenvalue weighted by Crippen LogP contribution is -2.34. The summed E-state index contributed by atoms with van der Waals surface area (Å²) < 4.78 is 6.81. The van der Waals surface area contributed by atoms with E-state index in [1.807, 2.05) is 18.2 Å². The van der Waals surface area contributed by atoms with E-state index in [1.165, 1.54) is 0 Å². The Hall–Kier alpha value is -0.580. The molecule has 1 aromatic rings. The highest BCUT2D eigenvalue weighted by Crippen LogP contribution is 2.32. The molecule has 0 aliphatic heterocycles. The maximum Gasteiger partial charge on any atom is 0.126 e. The fourth-order valence-electron chi connectivity index (χ4n) is 2.33. The van der Waals surface area contributed by atoms with E-state index >= 15 is 0 Å². The third-order valence-corrected chi connectivity index (χ3v) is 3.86. The quantitative estimate of drug-likeness (QED) is 0.901. The number of aliphatic hydroxyl groups excluding tert-OH is 2. The zero-order chi connectivity index (χ0) is 13.1. The van der Waals surface area contributed by atoms with Crippen LogP contribution in [0.2, 0.25) is 0 Å². The summed E-state index contributed by atoms with van der Waals surface area (Å²) in [5.41, 5.74) is 0.760. The first-order valence-electron chi connectivity index (χ1n) is 6.40. The van der Waals surface area contributed by atoms with E-state index in [0.29, 0.717) is 5.75 Å². The van der Waals surface area contributed by atoms with Crippen molar-refractivity contribution in [1.29, 1.82) is 0 Å². The zero-order valence-electron chi connectivity index (χ0n) is 10.5. The Balaban J connectivity index is 2.18. The molecule has 1 aliphatic carbocycles. The Kier molecular flexibility index (Phi) is 4.65. The van der Waals surface area contributed by atoms with Gasteiger partial charge in [-0.2, -0.15) is 0 Å². The van der Waals surface area contributed by atoms with Crippen LogP contribution in [0.15, 0.2) is 22.7 Å². The third-order valence-electron chi connectivity index (χ3n) is 3.37. The molecule has 3 unspecified atom stereocenters. The first-order valence-corrected chi connectivity index (χ1v) is 7.19. The van der Waals surface area contributed by atoms with E-state index < -0.39 is 12.2 Å². The summed E-state index contributed by atoms with van der Waals surface area (Å²) in [4.78, 5) is 0. The summed E-state index contributed by atoms with van der Waals surface area (Å²) in [5.74, 6) is 0.658. The predicted octanol–water partition coefficient (Wildman–Crippen LogP) is 3.18. The van der Waals surface area contributed by atoms with Gasteiger partial charge in [0.2, 0.25) is 0 Å². The predicted molar refractivity (Wildman–Crippen MR) is 73.7 cm³/mol. The number of aliphatic hydroxyl groups is 2. The lowest BCUT2D eigenvalue weighted by atomic mass is 9.94. The van der Waals surface area contributed by atoms with Crippen LogP contribution in [0, 0.1) is 0 Å². The topological polar surface area (TPSA) is 49.7 Å². The fraction of sp³-hybridized carbons (Fsp3) is 0.571. The highest BCUT2D eigenvalue weighted by Gasteiger charge is 2.25. The molecule has 1 aliphatic rings. The molecule has 1 saturated carbocycles. The van der Waals surface area contributed by atoms with Gasteiger partial charge in [0.05, 0.1) is 12.2 Å². The monoisotopic (exact) mass is 314 g/mol. The molecule has 2 N–H and O–H groups in total. The molecule has 4 heteroatoms. The van der Waals surface area contributed by atoms with E-state index in [9.17, 15) is 10.2 Å². The molecule has 3 nitrogen and oxygen atoms in total. The number of benzene rings is 1. The third kappa shape index (κ3) is 3.25. The van der Waals surface area contributed by atoms with Gasteiger partial charge in [-0.05, 0) is 38.3 Å². The van der Waals surface area contributed by atoms with E-state index in [-0.39, 0.29) is 6.10 Å². The van der Waals surface area contributed by atoms with Gasteiger partial charge in [0.25, 0.3) is 0 Å². The second kappa shape index (κ2) is 6.04. The smallest absolute Gasteiger partial charge is 0.126 e. The van der Waals surface area contributed by atoms with Gasteiger partial charge < -0.3 is 14.9 Å². The van der Waals surface area contributed by atoms with Crippen molar-refractivity contribution in [3.8, 4) is 5.75 Å². The van der Waals surface area contributed by atoms with Gasteiger partial charge in [-0.25, -0.2) is 0 Å². The van der Waals surface area contributed by atoms with Crippen LogP contribution in [0.25, 0.3) is 0 Å². The standard InChI is InChI=1S/C14H19BrO3/c1-9(16)11-7-6-10(15)8-14(11)18-13-5-3-2-4-12(13)17/h6-9,12-13,16-17H,2-5H2,1H3. The van der Waals surface area contributed by atoms with Crippen molar-refractivity contribution in [3.05, 3.63) is 28.2 Å². The SMILES string of the molecule is CC(O)c1ccc(Br)cc1OC1CCCCC1O. The minimum absolute atomic E-state index is 0.162. The zero-order valence-corrected chi connectivity index (χ0v) is 12.1. The van der Waals surface area contributed by atoms with E-state index in [2.05, 4.69) is 15.9 Å². The first-order chi connectivity index (χ1) is 8.58. The van der Waals surface area contributed by atoms with Crippen molar-refractivity contribution in [2.75, 3.05) is 0 Å². The molecular weight excluding hydrogens is 296 g/mol. The lowest BCUT2D eigenvalue weighted by Gasteiger charge is -2.29. The molecule has 0 amide bonds. The minimum atomic E-state index is -0.575. The Bertz CT molecular complexity index is 406. The largest absolute Gasteiger partial charge is 0.487 e. The van der Waals surface area contributed by atoms with Crippen LogP contribution >= 0.6 is 15.9 Å². The van der Waals surface area contributed by atoms with Crippen molar-refractivity contribution >= 4 is 15.9 Å². The maximum atomic E-state index is 9.93. The molecule has 2 rings (SSSR count). The average molecular weight is 315 g/mol. The average Bonchev–Trinajstić information content (AvgIpc) is 2.32. The normalized spacial score (nSPS) is 25.8. The molecule has 0 radical (unpaired) electrons. The Morgan fingerprint density at radius 2 is 2.06 bits per heavy atom. The van der Waals surface area contributed by atoms with Crippen molar-refractivity contribution in [2.45, 2.75) is 50.9 Å². The molecule has 0 heterocycles. The van der Waals surface area contributed by atoms with Crippen LogP contribution in [-0.2, 0) is 0 Å². The van der Waals surface area contributed by atoms with Gasteiger partial charge >= 0.3 is 0 Å². The van der Waals surface area contributed by atoms with Crippen molar-refractivity contribution in [3.63, 3.8) is 0 Å². The lowest BCUT2D eigenvalue weighted by molar-refractivity contribution is 0.00525. The van der Waals surface area contributed by atoms with Crippen molar-refractivity contribution in [2.24, 2.45) is 0 Å². The minimum Gasteiger partial charge on any atom is -0.487 e. The highest BCUT2D eigenvalue weighted by atomic mass is 79.9. The molecule has 0 spiro atoms. The summed E-state index contributed by atoms with van der Waals surface area (Å²) >= 11 is 3.40. The molecule has 1 fully saturated rings. The molecule has 0 bridgehead atoms. The fourth-order valence-corrected chi connectivity index (χ4v) is 2.67. The van der Waals surface area contributed by atoms with Crippen molar-refractivity contribution in [1.82, 2.24) is 0 Å². The first kappa shape index (κ1) is 13.8. The highest BCUT2D eigenvalue weighted by molar-refractivity contribution is 9.10. The number of halogens is 1. The van der Waals surface area contributed by atoms with E-state index in [0.717, 1.165) is 35.7 Å². The van der Waals surface area contributed by atoms with E-state index in [4.69, 9.17) is 4.74 Å². The Labute approximate surface area is 116 Å². The van der Waals surface area contributed by atoms with E-state index in [1.54, 1.807) is 6.92 Å². The second-order valence-corrected chi connectivity index (χ2v) is 5.78. The maximum absolute atomic E-state index is 9.93. The number of ether oxygens (including phenoxy) is 1. The molecule has 18 heavy (non-hydrogen) atoms. The molecule has 1 aromatic carbocycles. The van der Waals surface area contributed by atoms with Gasteiger partial charge in [-0.3, -0.25) is 0 Å². The molecule has 3 atom stereocenters. The summed E-state index contributed by atoms with van der Waals surface area (Å²) in [6.45, 7) is 1.72. The van der Waals surface area contributed by atoms with Crippen LogP contribution in [-0.4, -0.2) is 22.4 Å². The molecule has 0 aromatic heterocycles. The Morgan fingerprint density at radius 1 is 1.33 bits per heavy atom. The van der Waals surface area contributed by atoms with Crippen LogP contribution in [0.4, 0.5) is 0 Å². The molecule has 100 valence electrons. The Morgan fingerprint density at radius 3 is 2.72 bits per heavy atom. The van der Waals surface area contributed by atoms with Gasteiger partial charge in [-0.15, -0.1) is 0 Å². The van der Waals surface area contributed by atoms with Crippen LogP contribution < -0.4 is 4.74 Å². The van der Waals surface area contributed by atoms with Crippen LogP contribution in [0.5, 0.6) is 5.75 Å². The van der Waals surface area contributed by atoms with Gasteiger partial charge in [0.15, 0.2) is 0 Å². The van der Waals surface area contributed by atoms with Gasteiger partial charge in [-0.1, -0.05) is 28.4 Å². The number of rotatable bonds is 3.